The normalized spacial score (nSPS) is 10.0. The quantitative estimate of drug-likeness (QED) is 0.0182. The first kappa shape index (κ1) is 78.4. The maximum atomic E-state index is 11.2. The molecule has 25 nitrogen and oxygen atoms in total. The summed E-state index contributed by atoms with van der Waals surface area (Å²) in [6.45, 7) is 37.1. The van der Waals surface area contributed by atoms with Crippen LogP contribution in [0, 0.1) is 10.8 Å². The highest BCUT2D eigenvalue weighted by Crippen LogP contribution is 2.24. The number of amides is 6. The van der Waals surface area contributed by atoms with E-state index in [1.807, 2.05) is 6.92 Å². The van der Waals surface area contributed by atoms with Gasteiger partial charge in [-0.1, -0.05) is 66.1 Å². The number of hydrogen-bond donors (Lipinski definition) is 9. The van der Waals surface area contributed by atoms with Crippen LogP contribution in [0.3, 0.4) is 0 Å². The minimum atomic E-state index is -0.623. The first-order valence-corrected chi connectivity index (χ1v) is 23.5. The Kier molecular flexibility index (Phi) is 62.9. The molecule has 0 aliphatic heterocycles. The molecule has 0 aliphatic carbocycles. The molecule has 0 atom stereocenters. The van der Waals surface area contributed by atoms with Crippen LogP contribution in [0.2, 0.25) is 0 Å². The molecule has 0 aliphatic rings. The molecule has 0 heterocycles. The molecule has 0 radical (unpaired) electrons. The van der Waals surface area contributed by atoms with Gasteiger partial charge in [0.25, 0.3) is 0 Å². The topological polar surface area (TPSA) is 328 Å². The zero-order valence-electron chi connectivity index (χ0n) is 44.7. The molecule has 6 amide bonds. The lowest BCUT2D eigenvalue weighted by Gasteiger charge is -2.32. The Morgan fingerprint density at radius 3 is 0.789 bits per heavy atom. The third-order valence-corrected chi connectivity index (χ3v) is 8.56. The van der Waals surface area contributed by atoms with E-state index in [0.29, 0.717) is 85.7 Å². The van der Waals surface area contributed by atoms with Crippen LogP contribution in [0.1, 0.15) is 13.3 Å². The van der Waals surface area contributed by atoms with Crippen molar-refractivity contribution in [3.05, 3.63) is 114 Å². The lowest BCUT2D eigenvalue weighted by Crippen LogP contribution is -2.43. The molecule has 0 unspecified atom stereocenters. The van der Waals surface area contributed by atoms with Crippen molar-refractivity contribution in [1.82, 2.24) is 31.9 Å². The van der Waals surface area contributed by atoms with Crippen LogP contribution in [-0.2, 0) is 76.1 Å². The fourth-order valence-electron chi connectivity index (χ4n) is 4.83. The van der Waals surface area contributed by atoms with Gasteiger partial charge >= 0.3 is 0 Å². The number of carbonyl (C=O) groups is 6. The van der Waals surface area contributed by atoms with Crippen molar-refractivity contribution in [3.8, 4) is 0 Å². The van der Waals surface area contributed by atoms with E-state index in [1.165, 1.54) is 36.5 Å². The van der Waals surface area contributed by atoms with E-state index in [9.17, 15) is 28.8 Å². The van der Waals surface area contributed by atoms with Gasteiger partial charge in [-0.15, -0.1) is 0 Å². The molecule has 0 rings (SSSR count). The van der Waals surface area contributed by atoms with Gasteiger partial charge in [0, 0.05) is 32.2 Å². The second kappa shape index (κ2) is 61.0. The zero-order chi connectivity index (χ0) is 58.4. The molecular formula is C51H88N6O19. The molecule has 0 saturated carbocycles. The highest BCUT2D eigenvalue weighted by atomic mass is 16.6. The van der Waals surface area contributed by atoms with Gasteiger partial charge in [-0.25, -0.2) is 0 Å². The van der Waals surface area contributed by atoms with Crippen molar-refractivity contribution in [1.29, 1.82) is 0 Å². The first-order chi connectivity index (χ1) is 36.6. The SMILES string of the molecule is C=CC(=O)NCCOCC(COC)(COCCNC(=O)C=C)COCCNC(=O)C=C.C=CC(=O)NCOCCOCC(CC)(COCCOCNC(=O)C=C)COCCOCNC(=O)C=C.C=CO.C=CO.C=CO. The first-order valence-electron chi connectivity index (χ1n) is 23.5. The Bertz CT molecular complexity index is 1430. The van der Waals surface area contributed by atoms with Gasteiger partial charge in [-0.2, -0.15) is 0 Å². The number of nitrogens with one attached hydrogen (secondary N) is 6. The monoisotopic (exact) mass is 1090 g/mol. The smallest absolute Gasteiger partial charge is 0.245 e. The summed E-state index contributed by atoms with van der Waals surface area (Å²) in [5.74, 6) is -1.76. The van der Waals surface area contributed by atoms with Gasteiger partial charge in [0.05, 0.1) is 130 Å². The second-order valence-corrected chi connectivity index (χ2v) is 14.5. The van der Waals surface area contributed by atoms with E-state index in [1.54, 1.807) is 7.11 Å². The second-order valence-electron chi connectivity index (χ2n) is 14.5. The highest BCUT2D eigenvalue weighted by molar-refractivity contribution is 5.88. The summed E-state index contributed by atoms with van der Waals surface area (Å²) in [6, 6.07) is 0. The number of hydrogen-bond acceptors (Lipinski definition) is 19. The van der Waals surface area contributed by atoms with Crippen molar-refractivity contribution >= 4 is 35.4 Å². The van der Waals surface area contributed by atoms with E-state index in [-0.39, 0.29) is 95.3 Å². The lowest BCUT2D eigenvalue weighted by atomic mass is 9.88. The number of ether oxygens (including phenoxy) is 10. The van der Waals surface area contributed by atoms with Crippen LogP contribution >= 0.6 is 0 Å². The molecule has 436 valence electrons. The van der Waals surface area contributed by atoms with E-state index in [0.717, 1.165) is 25.2 Å². The van der Waals surface area contributed by atoms with Crippen LogP contribution in [0.25, 0.3) is 0 Å². The Labute approximate surface area is 449 Å². The summed E-state index contributed by atoms with van der Waals surface area (Å²) in [5.41, 5.74) is -1.05. The molecule has 76 heavy (non-hydrogen) atoms. The lowest BCUT2D eigenvalue weighted by molar-refractivity contribution is -0.119. The van der Waals surface area contributed by atoms with Crippen LogP contribution in [0.15, 0.2) is 114 Å². The van der Waals surface area contributed by atoms with Crippen LogP contribution < -0.4 is 31.9 Å². The predicted molar refractivity (Wildman–Crippen MR) is 288 cm³/mol. The van der Waals surface area contributed by atoms with Crippen LogP contribution in [-0.4, -0.2) is 203 Å². The molecule has 25 heteroatoms. The van der Waals surface area contributed by atoms with Crippen molar-refractivity contribution in [2.24, 2.45) is 10.8 Å². The van der Waals surface area contributed by atoms with Gasteiger partial charge in [-0.3, -0.25) is 28.8 Å². The molecule has 0 spiro atoms. The summed E-state index contributed by atoms with van der Waals surface area (Å²) >= 11 is 0. The van der Waals surface area contributed by atoms with Gasteiger partial charge in [0.1, 0.15) is 20.2 Å². The minimum Gasteiger partial charge on any atom is -0.516 e. The van der Waals surface area contributed by atoms with Gasteiger partial charge < -0.3 is 94.6 Å². The maximum Gasteiger partial charge on any atom is 0.245 e. The summed E-state index contributed by atoms with van der Waals surface area (Å²) in [4.78, 5) is 66.9. The summed E-state index contributed by atoms with van der Waals surface area (Å²) in [5, 5.41) is 37.4. The number of methoxy groups -OCH3 is 1. The molecule has 0 aromatic carbocycles. The van der Waals surface area contributed by atoms with E-state index >= 15 is 0 Å². The molecule has 0 fully saturated rings. The van der Waals surface area contributed by atoms with Crippen LogP contribution in [0.4, 0.5) is 0 Å². The number of aliphatic hydroxyl groups is 3. The average Bonchev–Trinajstić information content (AvgIpc) is 3.41. The minimum absolute atomic E-state index is 0.0693. The van der Waals surface area contributed by atoms with Crippen LogP contribution in [0.5, 0.6) is 0 Å². The predicted octanol–water partition coefficient (Wildman–Crippen LogP) is 1.90. The third kappa shape index (κ3) is 56.8. The summed E-state index contributed by atoms with van der Waals surface area (Å²) in [7, 11) is 1.56. The zero-order valence-corrected chi connectivity index (χ0v) is 44.7. The van der Waals surface area contributed by atoms with Crippen molar-refractivity contribution in [2.45, 2.75) is 13.3 Å². The number of carbonyl (C=O) groups excluding carboxylic acids is 6. The van der Waals surface area contributed by atoms with Gasteiger partial charge in [-0.05, 0) is 42.9 Å². The summed E-state index contributed by atoms with van der Waals surface area (Å²) in [6.07, 6.45) is 10.0. The third-order valence-electron chi connectivity index (χ3n) is 8.56. The molecule has 0 aromatic rings. The Balaban J connectivity index is -0.000000384. The molecule has 0 aromatic heterocycles. The largest absolute Gasteiger partial charge is 0.516 e. The van der Waals surface area contributed by atoms with E-state index in [2.05, 4.69) is 91.1 Å². The standard InChI is InChI=1S/C24H41N3O9.C21H35N3O7.3C2H4O/c1-5-21(28)25-18-34-12-9-31-15-24(8-4,16-32-10-13-35-19-26-22(29)6-2)17-33-11-14-36-20-27-23(30)7-3;1-5-18(25)22-8-11-29-15-21(14-28-4,16-30-12-9-23-19(26)6-2)17-31-13-10-24-20(27)7-3;3*1-2-3/h5-7H,1-3,8-20H2,4H3,(H,25,28)(H,26,29)(H,27,30);5-7H,1-3,8-17H2,4H3,(H,22,25)(H,23,26)(H,24,27);3*2-3H,1H2. The fourth-order valence-corrected chi connectivity index (χ4v) is 4.83. The molecule has 0 saturated heterocycles. The molecular weight excluding hydrogens is 1000 g/mol. The summed E-state index contributed by atoms with van der Waals surface area (Å²) < 4.78 is 55.8. The average molecular weight is 1090 g/mol. The van der Waals surface area contributed by atoms with Crippen molar-refractivity contribution in [3.63, 3.8) is 0 Å². The Morgan fingerprint density at radius 2 is 0.566 bits per heavy atom. The van der Waals surface area contributed by atoms with Crippen molar-refractivity contribution in [2.75, 3.05) is 153 Å². The fraction of sp³-hybridized carbons (Fsp3) is 0.529. The Hall–Kier alpha value is -6.52. The Morgan fingerprint density at radius 1 is 0.355 bits per heavy atom. The van der Waals surface area contributed by atoms with E-state index in [4.69, 9.17) is 62.7 Å². The van der Waals surface area contributed by atoms with Crippen molar-refractivity contribution < 1.29 is 91.5 Å². The molecule has 9 N–H and O–H groups in total. The maximum absolute atomic E-state index is 11.2. The van der Waals surface area contributed by atoms with Gasteiger partial charge in [0.15, 0.2) is 0 Å². The highest BCUT2D eigenvalue weighted by Gasteiger charge is 2.32. The molecule has 0 bridgehead atoms. The van der Waals surface area contributed by atoms with E-state index < -0.39 is 10.8 Å². The number of rotatable bonds is 45. The number of aliphatic hydroxyl groups excluding tert-OH is 3. The van der Waals surface area contributed by atoms with Gasteiger partial charge in [0.2, 0.25) is 35.4 Å².